The van der Waals surface area contributed by atoms with Gasteiger partial charge in [0.2, 0.25) is 0 Å². The number of hydrogen-bond donors (Lipinski definition) is 1. The predicted molar refractivity (Wildman–Crippen MR) is 77.6 cm³/mol. The smallest absolute Gasteiger partial charge is 0.134 e. The summed E-state index contributed by atoms with van der Waals surface area (Å²) in [6.07, 6.45) is 1.11. The van der Waals surface area contributed by atoms with Gasteiger partial charge in [-0.05, 0) is 19.5 Å². The third-order valence-electron chi connectivity index (χ3n) is 3.74. The first-order valence-corrected chi connectivity index (χ1v) is 7.18. The minimum atomic E-state index is 0.543. The van der Waals surface area contributed by atoms with E-state index in [4.69, 9.17) is 13.9 Å². The van der Waals surface area contributed by atoms with E-state index in [2.05, 4.69) is 11.4 Å². The number of fused-ring (bicyclic) bond motifs is 1. The van der Waals surface area contributed by atoms with E-state index in [1.165, 1.54) is 0 Å². The van der Waals surface area contributed by atoms with Gasteiger partial charge >= 0.3 is 0 Å². The lowest BCUT2D eigenvalue weighted by Gasteiger charge is -2.09. The molecule has 0 radical (unpaired) electrons. The highest BCUT2D eigenvalue weighted by Crippen LogP contribution is 2.27. The van der Waals surface area contributed by atoms with Crippen LogP contribution in [0.2, 0.25) is 0 Å². The second-order valence-corrected chi connectivity index (χ2v) is 5.28. The lowest BCUT2D eigenvalue weighted by atomic mass is 10.1. The molecule has 1 fully saturated rings. The van der Waals surface area contributed by atoms with Gasteiger partial charge in [0.25, 0.3) is 0 Å². The van der Waals surface area contributed by atoms with Crippen molar-refractivity contribution in [3.8, 4) is 0 Å². The average Bonchev–Trinajstić information content (AvgIpc) is 3.08. The zero-order valence-electron chi connectivity index (χ0n) is 11.9. The Morgan fingerprint density at radius 2 is 2.25 bits per heavy atom. The number of furan rings is 1. The second-order valence-electron chi connectivity index (χ2n) is 5.28. The molecule has 4 heteroatoms. The average molecular weight is 275 g/mol. The molecule has 108 valence electrons. The SMILES string of the molecule is CNCc1oc2ccccc2c1COCC1CCOC1. The molecule has 0 amide bonds. The Bertz CT molecular complexity index is 558. The number of ether oxygens (including phenoxy) is 2. The molecule has 0 bridgehead atoms. The molecule has 2 heterocycles. The molecular formula is C16H21NO3. The van der Waals surface area contributed by atoms with E-state index in [1.54, 1.807) is 0 Å². The Kier molecular flexibility index (Phi) is 4.35. The van der Waals surface area contributed by atoms with E-state index in [9.17, 15) is 0 Å². The Morgan fingerprint density at radius 1 is 1.35 bits per heavy atom. The summed E-state index contributed by atoms with van der Waals surface area (Å²) in [6.45, 7) is 3.78. The first kappa shape index (κ1) is 13.6. The van der Waals surface area contributed by atoms with Gasteiger partial charge in [0.1, 0.15) is 11.3 Å². The molecule has 1 saturated heterocycles. The summed E-state index contributed by atoms with van der Waals surface area (Å²) in [5, 5.41) is 4.30. The van der Waals surface area contributed by atoms with Crippen molar-refractivity contribution in [2.75, 3.05) is 26.9 Å². The normalized spacial score (nSPS) is 18.9. The fourth-order valence-electron chi connectivity index (χ4n) is 2.65. The first-order valence-electron chi connectivity index (χ1n) is 7.18. The molecule has 2 aromatic rings. The van der Waals surface area contributed by atoms with Gasteiger partial charge in [0.05, 0.1) is 26.4 Å². The second kappa shape index (κ2) is 6.39. The van der Waals surface area contributed by atoms with Crippen LogP contribution in [-0.4, -0.2) is 26.9 Å². The largest absolute Gasteiger partial charge is 0.459 e. The number of benzene rings is 1. The maximum Gasteiger partial charge on any atom is 0.134 e. The van der Waals surface area contributed by atoms with Crippen LogP contribution in [0.25, 0.3) is 11.0 Å². The van der Waals surface area contributed by atoms with Crippen LogP contribution in [0.4, 0.5) is 0 Å². The van der Waals surface area contributed by atoms with E-state index in [0.717, 1.165) is 55.1 Å². The van der Waals surface area contributed by atoms with Crippen molar-refractivity contribution in [3.05, 3.63) is 35.6 Å². The van der Waals surface area contributed by atoms with Crippen molar-refractivity contribution in [2.24, 2.45) is 5.92 Å². The highest BCUT2D eigenvalue weighted by atomic mass is 16.5. The van der Waals surface area contributed by atoms with Gasteiger partial charge in [-0.15, -0.1) is 0 Å². The van der Waals surface area contributed by atoms with Crippen molar-refractivity contribution in [1.29, 1.82) is 0 Å². The molecule has 20 heavy (non-hydrogen) atoms. The van der Waals surface area contributed by atoms with E-state index < -0.39 is 0 Å². The van der Waals surface area contributed by atoms with Gasteiger partial charge in [-0.25, -0.2) is 0 Å². The fourth-order valence-corrected chi connectivity index (χ4v) is 2.65. The molecule has 1 aliphatic heterocycles. The molecule has 1 N–H and O–H groups in total. The molecule has 1 unspecified atom stereocenters. The zero-order valence-corrected chi connectivity index (χ0v) is 11.9. The summed E-state index contributed by atoms with van der Waals surface area (Å²) < 4.78 is 17.2. The number of hydrogen-bond acceptors (Lipinski definition) is 4. The quantitative estimate of drug-likeness (QED) is 0.880. The standard InChI is InChI=1S/C16H21NO3/c1-17-8-16-14(11-19-10-12-6-7-18-9-12)13-4-2-3-5-15(13)20-16/h2-5,12,17H,6-11H2,1H3. The molecule has 0 spiro atoms. The summed E-state index contributed by atoms with van der Waals surface area (Å²) in [5.41, 5.74) is 2.09. The topological polar surface area (TPSA) is 43.6 Å². The molecule has 0 aliphatic carbocycles. The highest BCUT2D eigenvalue weighted by molar-refractivity contribution is 5.82. The van der Waals surface area contributed by atoms with Crippen LogP contribution in [0, 0.1) is 5.92 Å². The van der Waals surface area contributed by atoms with Crippen molar-refractivity contribution >= 4 is 11.0 Å². The monoisotopic (exact) mass is 275 g/mol. The summed E-state index contributed by atoms with van der Waals surface area (Å²) in [6, 6.07) is 8.13. The van der Waals surface area contributed by atoms with Crippen LogP contribution >= 0.6 is 0 Å². The van der Waals surface area contributed by atoms with Crippen molar-refractivity contribution in [2.45, 2.75) is 19.6 Å². The summed E-state index contributed by atoms with van der Waals surface area (Å²) in [7, 11) is 1.92. The van der Waals surface area contributed by atoms with Gasteiger partial charge in [-0.2, -0.15) is 0 Å². The number of rotatable bonds is 6. The van der Waals surface area contributed by atoms with Gasteiger partial charge in [0.15, 0.2) is 0 Å². The molecule has 4 nitrogen and oxygen atoms in total. The van der Waals surface area contributed by atoms with Crippen LogP contribution in [0.5, 0.6) is 0 Å². The Hall–Kier alpha value is -1.36. The van der Waals surface area contributed by atoms with Gasteiger partial charge in [-0.1, -0.05) is 18.2 Å². The van der Waals surface area contributed by atoms with Crippen molar-refractivity contribution in [3.63, 3.8) is 0 Å². The maximum atomic E-state index is 5.89. The van der Waals surface area contributed by atoms with Crippen LogP contribution in [0.3, 0.4) is 0 Å². The predicted octanol–water partition coefficient (Wildman–Crippen LogP) is 2.71. The van der Waals surface area contributed by atoms with Crippen LogP contribution < -0.4 is 5.32 Å². The van der Waals surface area contributed by atoms with E-state index >= 15 is 0 Å². The van der Waals surface area contributed by atoms with Gasteiger partial charge in [0, 0.05) is 23.5 Å². The fraction of sp³-hybridized carbons (Fsp3) is 0.500. The molecule has 1 aliphatic rings. The van der Waals surface area contributed by atoms with E-state index in [0.29, 0.717) is 12.5 Å². The third-order valence-corrected chi connectivity index (χ3v) is 3.74. The van der Waals surface area contributed by atoms with Crippen LogP contribution in [0.15, 0.2) is 28.7 Å². The maximum absolute atomic E-state index is 5.89. The third kappa shape index (κ3) is 2.87. The first-order chi connectivity index (χ1) is 9.88. The molecule has 3 rings (SSSR count). The van der Waals surface area contributed by atoms with Gasteiger partial charge in [-0.3, -0.25) is 0 Å². The summed E-state index contributed by atoms with van der Waals surface area (Å²) in [5.74, 6) is 1.51. The van der Waals surface area contributed by atoms with Gasteiger partial charge < -0.3 is 19.2 Å². The molecule has 1 aromatic carbocycles. The zero-order chi connectivity index (χ0) is 13.8. The minimum absolute atomic E-state index is 0.543. The molecule has 1 atom stereocenters. The Morgan fingerprint density at radius 3 is 3.05 bits per heavy atom. The Labute approximate surface area is 119 Å². The minimum Gasteiger partial charge on any atom is -0.459 e. The molecule has 0 saturated carbocycles. The van der Waals surface area contributed by atoms with Crippen molar-refractivity contribution < 1.29 is 13.9 Å². The van der Waals surface area contributed by atoms with E-state index in [1.807, 2.05) is 25.2 Å². The highest BCUT2D eigenvalue weighted by Gasteiger charge is 2.17. The number of nitrogens with one attached hydrogen (secondary N) is 1. The molecular weight excluding hydrogens is 254 g/mol. The summed E-state index contributed by atoms with van der Waals surface area (Å²) in [4.78, 5) is 0. The van der Waals surface area contributed by atoms with E-state index in [-0.39, 0.29) is 0 Å². The van der Waals surface area contributed by atoms with Crippen LogP contribution in [-0.2, 0) is 22.6 Å². The molecule has 1 aromatic heterocycles. The summed E-state index contributed by atoms with van der Waals surface area (Å²) >= 11 is 0. The lowest BCUT2D eigenvalue weighted by Crippen LogP contribution is -2.11. The number of para-hydroxylation sites is 1. The van der Waals surface area contributed by atoms with Crippen LogP contribution in [0.1, 0.15) is 17.7 Å². The lowest BCUT2D eigenvalue weighted by molar-refractivity contribution is 0.0788. The Balaban J connectivity index is 1.72. The van der Waals surface area contributed by atoms with Crippen molar-refractivity contribution in [1.82, 2.24) is 5.32 Å².